The standard InChI is InChI=1S/C27H34Cl2FN5O2/c1-17(36)26(37)34(11-10-22(31)15-30)23(27(2,3)4)25-32-24(19-12-20(28)14-21(29)13-19)33-35(25)16-18-8-6-5-7-9-18/h5-9,12-14,17,22-23,36H,10-11,15-16,31H2,1-4H3/t17-,22-,23-/m0/s1. The van der Waals surface area contributed by atoms with Gasteiger partial charge in [0.2, 0.25) is 0 Å². The van der Waals surface area contributed by atoms with E-state index in [0.29, 0.717) is 33.8 Å². The van der Waals surface area contributed by atoms with E-state index in [-0.39, 0.29) is 13.0 Å². The summed E-state index contributed by atoms with van der Waals surface area (Å²) in [7, 11) is 0. The molecule has 0 aliphatic rings. The van der Waals surface area contributed by atoms with E-state index in [0.717, 1.165) is 5.56 Å². The first-order valence-electron chi connectivity index (χ1n) is 12.2. The molecule has 0 unspecified atom stereocenters. The van der Waals surface area contributed by atoms with Gasteiger partial charge in [0.05, 0.1) is 12.6 Å². The van der Waals surface area contributed by atoms with E-state index in [4.69, 9.17) is 39.0 Å². The molecule has 3 atom stereocenters. The van der Waals surface area contributed by atoms with Gasteiger partial charge in [0.1, 0.15) is 12.8 Å². The van der Waals surface area contributed by atoms with E-state index in [9.17, 15) is 14.3 Å². The molecule has 0 saturated heterocycles. The Kier molecular flexibility index (Phi) is 9.69. The van der Waals surface area contributed by atoms with E-state index >= 15 is 0 Å². The van der Waals surface area contributed by atoms with Gasteiger partial charge in [-0.15, -0.1) is 0 Å². The highest BCUT2D eigenvalue weighted by molar-refractivity contribution is 6.35. The van der Waals surface area contributed by atoms with Crippen molar-refractivity contribution in [3.8, 4) is 11.4 Å². The zero-order valence-electron chi connectivity index (χ0n) is 21.5. The fraction of sp³-hybridized carbons (Fsp3) is 0.444. The number of alkyl halides is 1. The van der Waals surface area contributed by atoms with Gasteiger partial charge in [-0.05, 0) is 42.5 Å². The average Bonchev–Trinajstić information content (AvgIpc) is 3.23. The predicted molar refractivity (Wildman–Crippen MR) is 145 cm³/mol. The van der Waals surface area contributed by atoms with Gasteiger partial charge in [-0.2, -0.15) is 5.10 Å². The second-order valence-electron chi connectivity index (χ2n) is 10.3. The summed E-state index contributed by atoms with van der Waals surface area (Å²) in [5.74, 6) is 0.423. The molecule has 37 heavy (non-hydrogen) atoms. The molecule has 7 nitrogen and oxygen atoms in total. The zero-order valence-corrected chi connectivity index (χ0v) is 23.0. The van der Waals surface area contributed by atoms with Gasteiger partial charge in [0.15, 0.2) is 11.6 Å². The first-order chi connectivity index (χ1) is 17.4. The lowest BCUT2D eigenvalue weighted by atomic mass is 9.84. The van der Waals surface area contributed by atoms with Crippen LogP contribution < -0.4 is 5.73 Å². The Morgan fingerprint density at radius 2 is 1.78 bits per heavy atom. The van der Waals surface area contributed by atoms with Crippen molar-refractivity contribution < 1.29 is 14.3 Å². The third-order valence-electron chi connectivity index (χ3n) is 5.95. The number of aliphatic hydroxyl groups excluding tert-OH is 1. The van der Waals surface area contributed by atoms with Crippen LogP contribution in [0.3, 0.4) is 0 Å². The third-order valence-corrected chi connectivity index (χ3v) is 6.39. The van der Waals surface area contributed by atoms with Crippen molar-refractivity contribution in [2.24, 2.45) is 11.1 Å². The normalized spacial score (nSPS) is 14.3. The van der Waals surface area contributed by atoms with Crippen molar-refractivity contribution in [2.75, 3.05) is 13.2 Å². The van der Waals surface area contributed by atoms with Crippen LogP contribution in [0.5, 0.6) is 0 Å². The largest absolute Gasteiger partial charge is 0.384 e. The maximum atomic E-state index is 13.3. The number of nitrogens with zero attached hydrogens (tertiary/aromatic N) is 4. The first kappa shape index (κ1) is 29.0. The molecule has 1 heterocycles. The highest BCUT2D eigenvalue weighted by Crippen LogP contribution is 2.39. The number of hydrogen-bond acceptors (Lipinski definition) is 5. The summed E-state index contributed by atoms with van der Waals surface area (Å²) in [5.41, 5.74) is 6.94. The molecule has 10 heteroatoms. The average molecular weight is 551 g/mol. The minimum atomic E-state index is -1.26. The van der Waals surface area contributed by atoms with E-state index in [1.807, 2.05) is 51.1 Å². The van der Waals surface area contributed by atoms with Gasteiger partial charge in [0, 0.05) is 28.2 Å². The first-order valence-corrected chi connectivity index (χ1v) is 12.9. The van der Waals surface area contributed by atoms with Crippen LogP contribution in [0.2, 0.25) is 10.0 Å². The molecule has 0 saturated carbocycles. The molecule has 200 valence electrons. The lowest BCUT2D eigenvalue weighted by Crippen LogP contribution is -2.47. The Morgan fingerprint density at radius 1 is 1.16 bits per heavy atom. The Balaban J connectivity index is 2.20. The molecule has 0 aliphatic carbocycles. The van der Waals surface area contributed by atoms with Gasteiger partial charge in [-0.25, -0.2) is 14.1 Å². The Bertz CT molecular complexity index is 1180. The minimum Gasteiger partial charge on any atom is -0.384 e. The number of aliphatic hydroxyl groups is 1. The SMILES string of the molecule is C[C@H](O)C(=O)N(CC[C@H](N)CF)[C@@H](c1nc(-c2cc(Cl)cc(Cl)c2)nn1Cc1ccccc1)C(C)(C)C. The van der Waals surface area contributed by atoms with Crippen molar-refractivity contribution in [1.29, 1.82) is 0 Å². The number of carbonyl (C=O) groups excluding carboxylic acids is 1. The van der Waals surface area contributed by atoms with Crippen LogP contribution in [-0.4, -0.2) is 56.0 Å². The van der Waals surface area contributed by atoms with Crippen LogP contribution in [0.4, 0.5) is 4.39 Å². The van der Waals surface area contributed by atoms with Crippen LogP contribution in [0, 0.1) is 5.41 Å². The number of benzene rings is 2. The number of carbonyl (C=O) groups is 1. The van der Waals surface area contributed by atoms with Crippen LogP contribution >= 0.6 is 23.2 Å². The molecular formula is C27H34Cl2FN5O2. The fourth-order valence-corrected chi connectivity index (χ4v) is 4.74. The van der Waals surface area contributed by atoms with Crippen LogP contribution in [-0.2, 0) is 11.3 Å². The zero-order chi connectivity index (χ0) is 27.3. The quantitative estimate of drug-likeness (QED) is 0.358. The molecule has 3 rings (SSSR count). The number of rotatable bonds is 10. The Morgan fingerprint density at radius 3 is 2.32 bits per heavy atom. The molecule has 0 fully saturated rings. The highest BCUT2D eigenvalue weighted by atomic mass is 35.5. The summed E-state index contributed by atoms with van der Waals surface area (Å²) in [6, 6.07) is 13.5. The highest BCUT2D eigenvalue weighted by Gasteiger charge is 2.40. The molecule has 3 aromatic rings. The summed E-state index contributed by atoms with van der Waals surface area (Å²) >= 11 is 12.5. The van der Waals surface area contributed by atoms with E-state index in [2.05, 4.69) is 0 Å². The molecule has 3 N–H and O–H groups in total. The van der Waals surface area contributed by atoms with Crippen LogP contribution in [0.1, 0.15) is 51.5 Å². The second-order valence-corrected chi connectivity index (χ2v) is 11.1. The summed E-state index contributed by atoms with van der Waals surface area (Å²) in [6.07, 6.45) is -1.03. The van der Waals surface area contributed by atoms with E-state index in [1.165, 1.54) is 6.92 Å². The number of amides is 1. The predicted octanol–water partition coefficient (Wildman–Crippen LogP) is 5.28. The molecular weight excluding hydrogens is 516 g/mol. The maximum Gasteiger partial charge on any atom is 0.251 e. The summed E-state index contributed by atoms with van der Waals surface area (Å²) in [6.45, 7) is 7.18. The number of hydrogen-bond donors (Lipinski definition) is 2. The fourth-order valence-electron chi connectivity index (χ4n) is 4.22. The van der Waals surface area contributed by atoms with Gasteiger partial charge in [-0.1, -0.05) is 74.3 Å². The number of halogens is 3. The van der Waals surface area contributed by atoms with Crippen molar-refractivity contribution >= 4 is 29.1 Å². The van der Waals surface area contributed by atoms with Crippen molar-refractivity contribution in [3.05, 3.63) is 70.0 Å². The Labute approximate surface area is 227 Å². The van der Waals surface area contributed by atoms with E-state index in [1.54, 1.807) is 27.8 Å². The van der Waals surface area contributed by atoms with E-state index < -0.39 is 36.2 Å². The van der Waals surface area contributed by atoms with Crippen molar-refractivity contribution in [2.45, 2.75) is 58.8 Å². The summed E-state index contributed by atoms with van der Waals surface area (Å²) in [4.78, 5) is 19.7. The lowest BCUT2D eigenvalue weighted by Gasteiger charge is -2.40. The summed E-state index contributed by atoms with van der Waals surface area (Å²) < 4.78 is 14.9. The van der Waals surface area contributed by atoms with Gasteiger partial charge < -0.3 is 15.7 Å². The third kappa shape index (κ3) is 7.51. The van der Waals surface area contributed by atoms with Crippen LogP contribution in [0.25, 0.3) is 11.4 Å². The molecule has 0 aliphatic heterocycles. The minimum absolute atomic E-state index is 0.146. The van der Waals surface area contributed by atoms with Gasteiger partial charge in [0.25, 0.3) is 5.91 Å². The molecule has 2 aromatic carbocycles. The van der Waals surface area contributed by atoms with Gasteiger partial charge in [-0.3, -0.25) is 4.79 Å². The van der Waals surface area contributed by atoms with Crippen LogP contribution in [0.15, 0.2) is 48.5 Å². The smallest absolute Gasteiger partial charge is 0.251 e. The maximum absolute atomic E-state index is 13.3. The van der Waals surface area contributed by atoms with Crippen molar-refractivity contribution in [1.82, 2.24) is 19.7 Å². The molecule has 0 spiro atoms. The lowest BCUT2D eigenvalue weighted by molar-refractivity contribution is -0.145. The number of aromatic nitrogens is 3. The number of nitrogens with two attached hydrogens (primary N) is 1. The topological polar surface area (TPSA) is 97.3 Å². The molecule has 1 amide bonds. The summed E-state index contributed by atoms with van der Waals surface area (Å²) in [5, 5.41) is 15.9. The van der Waals surface area contributed by atoms with Gasteiger partial charge >= 0.3 is 0 Å². The van der Waals surface area contributed by atoms with Crippen molar-refractivity contribution in [3.63, 3.8) is 0 Å². The second kappa shape index (κ2) is 12.3. The Hall–Kier alpha value is -2.52. The molecule has 0 bridgehead atoms. The molecule has 0 radical (unpaired) electrons. The molecule has 1 aromatic heterocycles. The monoisotopic (exact) mass is 549 g/mol.